The van der Waals surface area contributed by atoms with E-state index in [1.807, 2.05) is 6.08 Å². The molecule has 412 valence electrons. The van der Waals surface area contributed by atoms with Gasteiger partial charge in [-0.1, -0.05) is 253 Å². The minimum absolute atomic E-state index is 0.104. The van der Waals surface area contributed by atoms with Gasteiger partial charge in [0.25, 0.3) is 0 Å². The average molecular weight is 1000 g/mol. The van der Waals surface area contributed by atoms with Crippen molar-refractivity contribution >= 4 is 17.9 Å². The van der Waals surface area contributed by atoms with Gasteiger partial charge in [-0.2, -0.15) is 0 Å². The summed E-state index contributed by atoms with van der Waals surface area (Å²) < 4.78 is 16.8. The van der Waals surface area contributed by atoms with E-state index in [-0.39, 0.29) is 37.5 Å². The Kier molecular flexibility index (Phi) is 56.8. The van der Waals surface area contributed by atoms with E-state index in [1.54, 1.807) is 0 Å². The van der Waals surface area contributed by atoms with Crippen LogP contribution in [0.4, 0.5) is 0 Å². The van der Waals surface area contributed by atoms with Crippen LogP contribution >= 0.6 is 0 Å². The molecule has 6 nitrogen and oxygen atoms in total. The molecule has 72 heavy (non-hydrogen) atoms. The lowest BCUT2D eigenvalue weighted by Gasteiger charge is -2.18. The van der Waals surface area contributed by atoms with Crippen LogP contribution in [0.3, 0.4) is 0 Å². The summed E-state index contributed by atoms with van der Waals surface area (Å²) in [5, 5.41) is 0. The number of hydrogen-bond acceptors (Lipinski definition) is 6. The number of esters is 3. The highest BCUT2D eigenvalue weighted by atomic mass is 16.6. The number of allylic oxidation sites excluding steroid dienone is 16. The highest BCUT2D eigenvalue weighted by molar-refractivity contribution is 5.71. The second kappa shape index (κ2) is 59.9. The van der Waals surface area contributed by atoms with Crippen LogP contribution in [-0.2, 0) is 28.6 Å². The third kappa shape index (κ3) is 57.2. The van der Waals surface area contributed by atoms with Gasteiger partial charge in [-0.05, 0) is 109 Å². The topological polar surface area (TPSA) is 78.9 Å². The van der Waals surface area contributed by atoms with Crippen molar-refractivity contribution < 1.29 is 28.6 Å². The molecule has 0 heterocycles. The Morgan fingerprint density at radius 1 is 0.292 bits per heavy atom. The molecule has 0 aliphatic heterocycles. The highest BCUT2D eigenvalue weighted by Gasteiger charge is 2.19. The Bertz CT molecular complexity index is 1430. The zero-order chi connectivity index (χ0) is 52.2. The van der Waals surface area contributed by atoms with Crippen molar-refractivity contribution in [3.63, 3.8) is 0 Å². The number of ether oxygens (including phenoxy) is 3. The first-order valence-corrected chi connectivity index (χ1v) is 30.2. The molecule has 0 rings (SSSR count). The van der Waals surface area contributed by atoms with Crippen LogP contribution in [-0.4, -0.2) is 37.2 Å². The smallest absolute Gasteiger partial charge is 0.306 e. The lowest BCUT2D eigenvalue weighted by molar-refractivity contribution is -0.166. The zero-order valence-electron chi connectivity index (χ0n) is 47.2. The van der Waals surface area contributed by atoms with Crippen LogP contribution in [0.2, 0.25) is 0 Å². The summed E-state index contributed by atoms with van der Waals surface area (Å²) in [6.07, 6.45) is 79.9. The maximum Gasteiger partial charge on any atom is 0.306 e. The molecule has 0 spiro atoms. The van der Waals surface area contributed by atoms with Crippen molar-refractivity contribution in [2.75, 3.05) is 13.2 Å². The van der Waals surface area contributed by atoms with Crippen molar-refractivity contribution in [2.24, 2.45) is 0 Å². The molecule has 0 aromatic carbocycles. The fraction of sp³-hybridized carbons (Fsp3) is 0.712. The molecule has 0 fully saturated rings. The molecule has 0 bridgehead atoms. The number of unbranched alkanes of at least 4 members (excludes halogenated alkanes) is 27. The first-order valence-electron chi connectivity index (χ1n) is 30.2. The van der Waals surface area contributed by atoms with Gasteiger partial charge in [0.1, 0.15) is 13.2 Å². The summed E-state index contributed by atoms with van der Waals surface area (Å²) >= 11 is 0. The van der Waals surface area contributed by atoms with Crippen LogP contribution < -0.4 is 0 Å². The van der Waals surface area contributed by atoms with E-state index in [9.17, 15) is 14.4 Å². The number of carbonyl (C=O) groups excluding carboxylic acids is 3. The van der Waals surface area contributed by atoms with Crippen molar-refractivity contribution in [3.8, 4) is 0 Å². The molecule has 0 N–H and O–H groups in total. The van der Waals surface area contributed by atoms with Gasteiger partial charge in [-0.25, -0.2) is 0 Å². The molecule has 6 heteroatoms. The van der Waals surface area contributed by atoms with Crippen LogP contribution in [0.15, 0.2) is 97.2 Å². The molecular weight excluding hydrogens is 889 g/mol. The Labute approximate surface area is 445 Å². The molecule has 1 unspecified atom stereocenters. The van der Waals surface area contributed by atoms with Gasteiger partial charge in [0, 0.05) is 19.3 Å². The normalized spacial score (nSPS) is 12.8. The number of carbonyl (C=O) groups is 3. The zero-order valence-corrected chi connectivity index (χ0v) is 47.2. The largest absolute Gasteiger partial charge is 0.462 e. The lowest BCUT2D eigenvalue weighted by atomic mass is 10.0. The molecular formula is C66H112O6. The molecule has 1 atom stereocenters. The third-order valence-corrected chi connectivity index (χ3v) is 12.8. The average Bonchev–Trinajstić information content (AvgIpc) is 3.38. The molecule has 0 aliphatic rings. The first kappa shape index (κ1) is 68.3. The molecule has 0 radical (unpaired) electrons. The van der Waals surface area contributed by atoms with E-state index in [1.165, 1.54) is 154 Å². The van der Waals surface area contributed by atoms with Gasteiger partial charge in [0.15, 0.2) is 6.10 Å². The van der Waals surface area contributed by atoms with Gasteiger partial charge in [-0.15, -0.1) is 0 Å². The predicted molar refractivity (Wildman–Crippen MR) is 311 cm³/mol. The molecule has 0 saturated heterocycles. The highest BCUT2D eigenvalue weighted by Crippen LogP contribution is 2.15. The van der Waals surface area contributed by atoms with Gasteiger partial charge in [-0.3, -0.25) is 14.4 Å². The van der Waals surface area contributed by atoms with Crippen molar-refractivity contribution in [3.05, 3.63) is 97.2 Å². The standard InChI is InChI=1S/C66H112O6/c1-4-7-10-13-16-19-22-25-27-29-31-32-33-34-35-37-38-41-44-47-50-53-56-59-65(68)71-62-63(61-70-64(67)58-55-52-49-46-43-40-24-21-18-15-12-9-6-3)72-66(69)60-57-54-51-48-45-42-39-36-30-28-26-23-20-17-14-11-8-5-2/h9,12,18,20-23,25,28-31,40,43,49,52,63H,4-8,10-11,13-17,19,24,26-27,32-39,41-42,44-48,50-51,53-62H2,1-3H3/b12-9-,21-18-,23-20-,25-22-,30-28-,31-29-,43-40-,52-49-. The molecule has 0 aromatic rings. The number of hydrogen-bond donors (Lipinski definition) is 0. The third-order valence-electron chi connectivity index (χ3n) is 12.8. The van der Waals surface area contributed by atoms with E-state index in [2.05, 4.69) is 112 Å². The van der Waals surface area contributed by atoms with E-state index < -0.39 is 6.10 Å². The van der Waals surface area contributed by atoms with E-state index in [0.717, 1.165) is 83.5 Å². The summed E-state index contributed by atoms with van der Waals surface area (Å²) in [4.78, 5) is 38.2. The first-order chi connectivity index (χ1) is 35.5. The van der Waals surface area contributed by atoms with E-state index >= 15 is 0 Å². The van der Waals surface area contributed by atoms with Gasteiger partial charge >= 0.3 is 17.9 Å². The van der Waals surface area contributed by atoms with Gasteiger partial charge in [0.2, 0.25) is 0 Å². The van der Waals surface area contributed by atoms with Crippen LogP contribution in [0.5, 0.6) is 0 Å². The fourth-order valence-corrected chi connectivity index (χ4v) is 8.28. The Morgan fingerprint density at radius 3 is 0.944 bits per heavy atom. The second-order valence-corrected chi connectivity index (χ2v) is 19.9. The SMILES string of the molecule is CC/C=C\C/C=C\C/C=C\C/C=C\CCC(=O)OCC(COC(=O)CCCCCCCCCCCCC/C=C\C/C=C\CCCCCCC)OC(=O)CCCCCCCCC/C=C\C/C=C\CCCCCC. The van der Waals surface area contributed by atoms with E-state index in [0.29, 0.717) is 19.3 Å². The minimum Gasteiger partial charge on any atom is -0.462 e. The predicted octanol–water partition coefficient (Wildman–Crippen LogP) is 20.5. The summed E-state index contributed by atoms with van der Waals surface area (Å²) in [5.41, 5.74) is 0. The molecule has 0 amide bonds. The van der Waals surface area contributed by atoms with Crippen molar-refractivity contribution in [2.45, 2.75) is 290 Å². The minimum atomic E-state index is -0.813. The number of rotatable bonds is 54. The summed E-state index contributed by atoms with van der Waals surface area (Å²) in [7, 11) is 0. The van der Waals surface area contributed by atoms with Crippen LogP contribution in [0.1, 0.15) is 284 Å². The molecule has 0 aromatic heterocycles. The Balaban J connectivity index is 4.39. The van der Waals surface area contributed by atoms with Crippen molar-refractivity contribution in [1.29, 1.82) is 0 Å². The molecule has 0 saturated carbocycles. The summed E-state index contributed by atoms with van der Waals surface area (Å²) in [5.74, 6) is -0.994. The monoisotopic (exact) mass is 1000 g/mol. The van der Waals surface area contributed by atoms with Gasteiger partial charge in [0.05, 0.1) is 0 Å². The second-order valence-electron chi connectivity index (χ2n) is 19.9. The fourth-order valence-electron chi connectivity index (χ4n) is 8.28. The van der Waals surface area contributed by atoms with E-state index in [4.69, 9.17) is 14.2 Å². The maximum absolute atomic E-state index is 12.9. The lowest BCUT2D eigenvalue weighted by Crippen LogP contribution is -2.30. The summed E-state index contributed by atoms with van der Waals surface area (Å²) in [6, 6.07) is 0. The summed E-state index contributed by atoms with van der Waals surface area (Å²) in [6.45, 7) is 6.44. The Hall–Kier alpha value is -3.67. The Morgan fingerprint density at radius 2 is 0.569 bits per heavy atom. The van der Waals surface area contributed by atoms with Crippen LogP contribution in [0, 0.1) is 0 Å². The van der Waals surface area contributed by atoms with Gasteiger partial charge < -0.3 is 14.2 Å². The van der Waals surface area contributed by atoms with Crippen LogP contribution in [0.25, 0.3) is 0 Å². The quantitative estimate of drug-likeness (QED) is 0.0261. The molecule has 0 aliphatic carbocycles. The van der Waals surface area contributed by atoms with Crippen molar-refractivity contribution in [1.82, 2.24) is 0 Å². The maximum atomic E-state index is 12.9.